The Morgan fingerprint density at radius 3 is 2.95 bits per heavy atom. The third-order valence-electron chi connectivity index (χ3n) is 3.41. The number of aromatic nitrogens is 3. The number of aryl methyl sites for hydroxylation is 2. The molecule has 3 rings (SSSR count). The molecule has 0 fully saturated rings. The molecule has 2 aromatic rings. The van der Waals surface area contributed by atoms with E-state index < -0.39 is 5.91 Å². The molecule has 2 aromatic heterocycles. The quantitative estimate of drug-likeness (QED) is 0.826. The molecule has 19 heavy (non-hydrogen) atoms. The van der Waals surface area contributed by atoms with Crippen molar-refractivity contribution in [2.75, 3.05) is 0 Å². The predicted octanol–water partition coefficient (Wildman–Crippen LogP) is 0.314. The second-order valence-electron chi connectivity index (χ2n) is 4.67. The number of primary amides is 1. The molecule has 0 unspecified atom stereocenters. The van der Waals surface area contributed by atoms with Gasteiger partial charge in [0, 0.05) is 24.0 Å². The molecule has 0 saturated carbocycles. The smallest absolute Gasteiger partial charge is 0.251 e. The Labute approximate surface area is 110 Å². The van der Waals surface area contributed by atoms with Gasteiger partial charge in [-0.1, -0.05) is 0 Å². The topological polar surface area (TPSA) is 99.8 Å². The number of pyridine rings is 1. The SMILES string of the molecule is NCc1cc2c(nc1-n1cc(C(N)=O)cn1)CCC2. The molecule has 1 aliphatic carbocycles. The maximum atomic E-state index is 11.1. The Morgan fingerprint density at radius 2 is 2.26 bits per heavy atom. The number of carbonyl (C=O) groups is 1. The summed E-state index contributed by atoms with van der Waals surface area (Å²) in [6.45, 7) is 0.390. The van der Waals surface area contributed by atoms with Crippen LogP contribution in [-0.2, 0) is 19.4 Å². The van der Waals surface area contributed by atoms with Crippen molar-refractivity contribution in [3.8, 4) is 5.82 Å². The van der Waals surface area contributed by atoms with E-state index in [0.29, 0.717) is 17.9 Å². The summed E-state index contributed by atoms with van der Waals surface area (Å²) in [4.78, 5) is 15.7. The maximum Gasteiger partial charge on any atom is 0.251 e. The van der Waals surface area contributed by atoms with E-state index in [0.717, 1.165) is 30.5 Å². The standard InChI is InChI=1S/C13H15N5O/c14-5-9-4-8-2-1-3-11(8)17-13(9)18-7-10(6-16-18)12(15)19/h4,6-7H,1-3,5,14H2,(H2,15,19). The highest BCUT2D eigenvalue weighted by Crippen LogP contribution is 2.24. The number of amides is 1. The molecule has 1 aliphatic rings. The van der Waals surface area contributed by atoms with Gasteiger partial charge in [0.1, 0.15) is 0 Å². The predicted molar refractivity (Wildman–Crippen MR) is 69.8 cm³/mol. The molecule has 4 N–H and O–H groups in total. The molecular formula is C13H15N5O. The number of rotatable bonds is 3. The van der Waals surface area contributed by atoms with Crippen LogP contribution in [0.3, 0.4) is 0 Å². The second kappa shape index (κ2) is 4.47. The normalized spacial score (nSPS) is 13.5. The monoisotopic (exact) mass is 257 g/mol. The van der Waals surface area contributed by atoms with Gasteiger partial charge in [-0.15, -0.1) is 0 Å². The average Bonchev–Trinajstić information content (AvgIpc) is 3.05. The van der Waals surface area contributed by atoms with Gasteiger partial charge in [0.15, 0.2) is 5.82 Å². The van der Waals surface area contributed by atoms with Crippen LogP contribution in [0.5, 0.6) is 0 Å². The summed E-state index contributed by atoms with van der Waals surface area (Å²) in [5, 5.41) is 4.14. The Balaban J connectivity index is 2.10. The van der Waals surface area contributed by atoms with Crippen molar-refractivity contribution in [1.29, 1.82) is 0 Å². The van der Waals surface area contributed by atoms with Gasteiger partial charge in [0.05, 0.1) is 11.8 Å². The molecule has 0 spiro atoms. The average molecular weight is 257 g/mol. The first-order valence-corrected chi connectivity index (χ1v) is 6.25. The van der Waals surface area contributed by atoms with Crippen molar-refractivity contribution >= 4 is 5.91 Å². The highest BCUT2D eigenvalue weighted by Gasteiger charge is 2.17. The van der Waals surface area contributed by atoms with Crippen LogP contribution in [0.25, 0.3) is 5.82 Å². The van der Waals surface area contributed by atoms with E-state index >= 15 is 0 Å². The molecule has 0 atom stereocenters. The van der Waals surface area contributed by atoms with Crippen LogP contribution in [0.2, 0.25) is 0 Å². The fraction of sp³-hybridized carbons (Fsp3) is 0.308. The molecular weight excluding hydrogens is 242 g/mol. The lowest BCUT2D eigenvalue weighted by Gasteiger charge is -2.09. The van der Waals surface area contributed by atoms with Crippen LogP contribution in [0, 0.1) is 0 Å². The highest BCUT2D eigenvalue weighted by molar-refractivity contribution is 5.92. The highest BCUT2D eigenvalue weighted by atomic mass is 16.1. The minimum atomic E-state index is -0.498. The zero-order chi connectivity index (χ0) is 13.4. The molecule has 0 aliphatic heterocycles. The Hall–Kier alpha value is -2.21. The lowest BCUT2D eigenvalue weighted by atomic mass is 10.1. The van der Waals surface area contributed by atoms with E-state index in [9.17, 15) is 4.79 Å². The molecule has 0 radical (unpaired) electrons. The summed E-state index contributed by atoms with van der Waals surface area (Å²) >= 11 is 0. The van der Waals surface area contributed by atoms with E-state index in [1.54, 1.807) is 10.9 Å². The molecule has 0 aromatic carbocycles. The molecule has 0 bridgehead atoms. The van der Waals surface area contributed by atoms with Gasteiger partial charge in [0.2, 0.25) is 0 Å². The first kappa shape index (κ1) is 11.9. The van der Waals surface area contributed by atoms with E-state index in [-0.39, 0.29) is 0 Å². The van der Waals surface area contributed by atoms with E-state index in [1.807, 2.05) is 0 Å². The fourth-order valence-electron chi connectivity index (χ4n) is 2.42. The number of nitrogens with two attached hydrogens (primary N) is 2. The lowest BCUT2D eigenvalue weighted by molar-refractivity contribution is 0.100. The Bertz CT molecular complexity index is 646. The number of hydrogen-bond donors (Lipinski definition) is 2. The summed E-state index contributed by atoms with van der Waals surface area (Å²) in [7, 11) is 0. The maximum absolute atomic E-state index is 11.1. The van der Waals surface area contributed by atoms with Crippen LogP contribution < -0.4 is 11.5 Å². The summed E-state index contributed by atoms with van der Waals surface area (Å²) in [5.41, 5.74) is 14.7. The molecule has 1 amide bonds. The summed E-state index contributed by atoms with van der Waals surface area (Å²) < 4.78 is 1.57. The molecule has 6 nitrogen and oxygen atoms in total. The molecule has 2 heterocycles. The van der Waals surface area contributed by atoms with Gasteiger partial charge >= 0.3 is 0 Å². The minimum Gasteiger partial charge on any atom is -0.366 e. The zero-order valence-electron chi connectivity index (χ0n) is 10.5. The van der Waals surface area contributed by atoms with Gasteiger partial charge in [-0.05, 0) is 30.9 Å². The summed E-state index contributed by atoms with van der Waals surface area (Å²) in [6.07, 6.45) is 6.20. The van der Waals surface area contributed by atoms with E-state index in [1.165, 1.54) is 11.8 Å². The van der Waals surface area contributed by atoms with Gasteiger partial charge in [-0.25, -0.2) is 9.67 Å². The zero-order valence-corrected chi connectivity index (χ0v) is 10.5. The van der Waals surface area contributed by atoms with Crippen LogP contribution >= 0.6 is 0 Å². The third kappa shape index (κ3) is 2.00. The van der Waals surface area contributed by atoms with Gasteiger partial charge in [-0.3, -0.25) is 4.79 Å². The van der Waals surface area contributed by atoms with Crippen molar-refractivity contribution in [3.63, 3.8) is 0 Å². The Morgan fingerprint density at radius 1 is 1.42 bits per heavy atom. The van der Waals surface area contributed by atoms with Crippen LogP contribution in [-0.4, -0.2) is 20.7 Å². The van der Waals surface area contributed by atoms with Crippen LogP contribution in [0.15, 0.2) is 18.5 Å². The minimum absolute atomic E-state index is 0.366. The van der Waals surface area contributed by atoms with Crippen molar-refractivity contribution < 1.29 is 4.79 Å². The van der Waals surface area contributed by atoms with Crippen LogP contribution in [0.4, 0.5) is 0 Å². The molecule has 98 valence electrons. The molecule has 0 saturated heterocycles. The third-order valence-corrected chi connectivity index (χ3v) is 3.41. The van der Waals surface area contributed by atoms with Gasteiger partial charge < -0.3 is 11.5 Å². The molecule has 6 heteroatoms. The van der Waals surface area contributed by atoms with Gasteiger partial charge in [-0.2, -0.15) is 5.10 Å². The number of hydrogen-bond acceptors (Lipinski definition) is 4. The second-order valence-corrected chi connectivity index (χ2v) is 4.67. The largest absolute Gasteiger partial charge is 0.366 e. The van der Waals surface area contributed by atoms with Crippen molar-refractivity contribution in [1.82, 2.24) is 14.8 Å². The number of fused-ring (bicyclic) bond motifs is 1. The number of carbonyl (C=O) groups excluding carboxylic acids is 1. The van der Waals surface area contributed by atoms with E-state index in [4.69, 9.17) is 11.5 Å². The van der Waals surface area contributed by atoms with E-state index in [2.05, 4.69) is 16.1 Å². The lowest BCUT2D eigenvalue weighted by Crippen LogP contribution is -2.11. The summed E-state index contributed by atoms with van der Waals surface area (Å²) in [6, 6.07) is 2.09. The fourth-order valence-corrected chi connectivity index (χ4v) is 2.42. The van der Waals surface area contributed by atoms with Crippen molar-refractivity contribution in [3.05, 3.63) is 40.8 Å². The Kier molecular flexibility index (Phi) is 2.79. The summed E-state index contributed by atoms with van der Waals surface area (Å²) in [5.74, 6) is 0.192. The number of nitrogens with zero attached hydrogens (tertiary/aromatic N) is 3. The van der Waals surface area contributed by atoms with Crippen molar-refractivity contribution in [2.24, 2.45) is 11.5 Å². The van der Waals surface area contributed by atoms with Gasteiger partial charge in [0.25, 0.3) is 5.91 Å². The first-order chi connectivity index (χ1) is 9.19. The van der Waals surface area contributed by atoms with Crippen molar-refractivity contribution in [2.45, 2.75) is 25.8 Å². The first-order valence-electron chi connectivity index (χ1n) is 6.25. The van der Waals surface area contributed by atoms with Crippen LogP contribution in [0.1, 0.15) is 33.6 Å².